The lowest BCUT2D eigenvalue weighted by Gasteiger charge is -2.37. The average Bonchev–Trinajstić information content (AvgIpc) is 2.48. The van der Waals surface area contributed by atoms with Crippen LogP contribution in [0.4, 0.5) is 5.69 Å². The van der Waals surface area contributed by atoms with Crippen molar-refractivity contribution < 1.29 is 19.4 Å². The predicted molar refractivity (Wildman–Crippen MR) is 83.5 cm³/mol. The number of ether oxygens (including phenoxy) is 1. The van der Waals surface area contributed by atoms with Crippen LogP contribution in [0.15, 0.2) is 18.2 Å². The van der Waals surface area contributed by atoms with Gasteiger partial charge in [0, 0.05) is 17.8 Å². The number of hydrogen-bond acceptors (Lipinski definition) is 4. The van der Waals surface area contributed by atoms with E-state index in [2.05, 4.69) is 0 Å². The molecule has 0 bridgehead atoms. The van der Waals surface area contributed by atoms with Gasteiger partial charge in [0.2, 0.25) is 5.91 Å². The summed E-state index contributed by atoms with van der Waals surface area (Å²) < 4.78 is 4.93. The molecule has 22 heavy (non-hydrogen) atoms. The monoisotopic (exact) mass is 305 g/mol. The molecular weight excluding hydrogens is 282 g/mol. The Morgan fingerprint density at radius 3 is 2.73 bits per heavy atom. The van der Waals surface area contributed by atoms with E-state index in [1.54, 1.807) is 11.8 Å². The van der Waals surface area contributed by atoms with Crippen LogP contribution < -0.4 is 4.90 Å². The van der Waals surface area contributed by atoms with Crippen molar-refractivity contribution in [2.75, 3.05) is 18.1 Å². The van der Waals surface area contributed by atoms with Crippen molar-refractivity contribution in [3.63, 3.8) is 0 Å². The number of benzene rings is 1. The first kappa shape index (κ1) is 16.5. The number of carbonyl (C=O) groups excluding carboxylic acids is 2. The van der Waals surface area contributed by atoms with E-state index < -0.39 is 18.0 Å². The zero-order valence-corrected chi connectivity index (χ0v) is 13.3. The van der Waals surface area contributed by atoms with E-state index in [0.29, 0.717) is 6.54 Å². The maximum atomic E-state index is 12.7. The van der Waals surface area contributed by atoms with Crippen LogP contribution in [0.5, 0.6) is 0 Å². The number of hydrogen-bond donors (Lipinski definition) is 1. The highest BCUT2D eigenvalue weighted by molar-refractivity contribution is 6.00. The summed E-state index contributed by atoms with van der Waals surface area (Å²) in [5, 5.41) is 10.6. The van der Waals surface area contributed by atoms with E-state index in [1.807, 2.05) is 32.0 Å². The number of aliphatic hydroxyl groups is 1. The van der Waals surface area contributed by atoms with Crippen LogP contribution in [-0.4, -0.2) is 30.1 Å². The number of carbonyl (C=O) groups is 2. The summed E-state index contributed by atoms with van der Waals surface area (Å²) in [5.41, 5.74) is 2.41. The predicted octanol–water partition coefficient (Wildman–Crippen LogP) is 2.35. The molecule has 2 unspecified atom stereocenters. The fraction of sp³-hybridized carbons (Fsp3) is 0.529. The van der Waals surface area contributed by atoms with Crippen LogP contribution in [0.25, 0.3) is 0 Å². The Morgan fingerprint density at radius 1 is 1.36 bits per heavy atom. The lowest BCUT2D eigenvalue weighted by Crippen LogP contribution is -2.45. The van der Waals surface area contributed by atoms with Crippen molar-refractivity contribution in [3.8, 4) is 0 Å². The Labute approximate surface area is 130 Å². The highest BCUT2D eigenvalue weighted by atomic mass is 16.5. The molecule has 2 rings (SSSR count). The van der Waals surface area contributed by atoms with Gasteiger partial charge in [-0.05, 0) is 31.9 Å². The van der Waals surface area contributed by atoms with Crippen molar-refractivity contribution in [1.82, 2.24) is 0 Å². The number of amides is 1. The van der Waals surface area contributed by atoms with Gasteiger partial charge < -0.3 is 14.7 Å². The Hall–Kier alpha value is -1.88. The third kappa shape index (κ3) is 2.99. The van der Waals surface area contributed by atoms with Crippen LogP contribution in [-0.2, 0) is 14.3 Å². The number of rotatable bonds is 5. The molecule has 2 atom stereocenters. The van der Waals surface area contributed by atoms with Crippen molar-refractivity contribution in [1.29, 1.82) is 0 Å². The van der Waals surface area contributed by atoms with E-state index in [4.69, 9.17) is 4.74 Å². The molecule has 0 fully saturated rings. The second-order valence-electron chi connectivity index (χ2n) is 5.56. The lowest BCUT2D eigenvalue weighted by atomic mass is 9.84. The standard InChI is InChI=1S/C17H23NO4/c1-4-9-18-13-8-6-7-11(3)15(13)16(20)12(17(18)21)10-14(19)22-5-2/h6-8,12,16,20H,4-5,9-10H2,1-3H3. The fourth-order valence-electron chi connectivity index (χ4n) is 2.99. The normalized spacial score (nSPS) is 20.7. The smallest absolute Gasteiger partial charge is 0.306 e. The summed E-state index contributed by atoms with van der Waals surface area (Å²) >= 11 is 0. The minimum absolute atomic E-state index is 0.0954. The number of esters is 1. The topological polar surface area (TPSA) is 66.8 Å². The maximum absolute atomic E-state index is 12.7. The lowest BCUT2D eigenvalue weighted by molar-refractivity contribution is -0.148. The molecule has 0 aromatic heterocycles. The molecule has 1 N–H and O–H groups in total. The fourth-order valence-corrected chi connectivity index (χ4v) is 2.99. The molecule has 1 heterocycles. The molecule has 0 radical (unpaired) electrons. The molecule has 0 aliphatic carbocycles. The van der Waals surface area contributed by atoms with Gasteiger partial charge in [-0.2, -0.15) is 0 Å². The van der Waals surface area contributed by atoms with Gasteiger partial charge in [-0.3, -0.25) is 9.59 Å². The Balaban J connectivity index is 2.40. The van der Waals surface area contributed by atoms with Gasteiger partial charge in [0.15, 0.2) is 0 Å². The summed E-state index contributed by atoms with van der Waals surface area (Å²) in [6.07, 6.45) is -0.260. The van der Waals surface area contributed by atoms with Gasteiger partial charge in [0.25, 0.3) is 0 Å². The molecule has 5 nitrogen and oxygen atoms in total. The van der Waals surface area contributed by atoms with E-state index in [0.717, 1.165) is 23.2 Å². The maximum Gasteiger partial charge on any atom is 0.306 e. The second kappa shape index (κ2) is 6.92. The van der Waals surface area contributed by atoms with E-state index in [9.17, 15) is 14.7 Å². The number of nitrogens with zero attached hydrogens (tertiary/aromatic N) is 1. The summed E-state index contributed by atoms with van der Waals surface area (Å²) in [7, 11) is 0. The molecule has 0 saturated carbocycles. The SMILES string of the molecule is CCCN1C(=O)C(CC(=O)OCC)C(O)c2c(C)cccc21. The van der Waals surface area contributed by atoms with Crippen LogP contribution in [0, 0.1) is 12.8 Å². The number of aryl methyl sites for hydroxylation is 1. The highest BCUT2D eigenvalue weighted by Crippen LogP contribution is 2.41. The van der Waals surface area contributed by atoms with Crippen LogP contribution in [0.2, 0.25) is 0 Å². The van der Waals surface area contributed by atoms with Crippen molar-refractivity contribution in [3.05, 3.63) is 29.3 Å². The summed E-state index contributed by atoms with van der Waals surface area (Å²) in [4.78, 5) is 26.1. The van der Waals surface area contributed by atoms with Gasteiger partial charge in [-0.15, -0.1) is 0 Å². The quantitative estimate of drug-likeness (QED) is 0.848. The molecule has 0 spiro atoms. The van der Waals surface area contributed by atoms with Crippen molar-refractivity contribution in [2.45, 2.75) is 39.7 Å². The first-order valence-corrected chi connectivity index (χ1v) is 7.75. The molecule has 1 amide bonds. The first-order chi connectivity index (χ1) is 10.5. The third-order valence-corrected chi connectivity index (χ3v) is 3.99. The number of anilines is 1. The molecule has 5 heteroatoms. The molecular formula is C17H23NO4. The molecule has 1 aromatic rings. The Morgan fingerprint density at radius 2 is 2.09 bits per heavy atom. The van der Waals surface area contributed by atoms with Crippen molar-refractivity contribution in [2.24, 2.45) is 5.92 Å². The van der Waals surface area contributed by atoms with E-state index >= 15 is 0 Å². The zero-order chi connectivity index (χ0) is 16.3. The second-order valence-corrected chi connectivity index (χ2v) is 5.56. The minimum atomic E-state index is -0.971. The number of fused-ring (bicyclic) bond motifs is 1. The Bertz CT molecular complexity index is 570. The summed E-state index contributed by atoms with van der Waals surface area (Å²) in [6, 6.07) is 5.63. The first-order valence-electron chi connectivity index (χ1n) is 7.75. The van der Waals surface area contributed by atoms with E-state index in [1.165, 1.54) is 0 Å². The summed E-state index contributed by atoms with van der Waals surface area (Å²) in [5.74, 6) is -1.44. The summed E-state index contributed by atoms with van der Waals surface area (Å²) in [6.45, 7) is 6.46. The van der Waals surface area contributed by atoms with Gasteiger partial charge >= 0.3 is 5.97 Å². The molecule has 120 valence electrons. The number of aliphatic hydroxyl groups excluding tert-OH is 1. The minimum Gasteiger partial charge on any atom is -0.466 e. The van der Waals surface area contributed by atoms with Gasteiger partial charge in [-0.25, -0.2) is 0 Å². The zero-order valence-electron chi connectivity index (χ0n) is 13.3. The van der Waals surface area contributed by atoms with Crippen molar-refractivity contribution >= 4 is 17.6 Å². The average molecular weight is 305 g/mol. The third-order valence-electron chi connectivity index (χ3n) is 3.99. The van der Waals surface area contributed by atoms with Crippen LogP contribution in [0.3, 0.4) is 0 Å². The van der Waals surface area contributed by atoms with Crippen LogP contribution in [0.1, 0.15) is 43.9 Å². The van der Waals surface area contributed by atoms with Gasteiger partial charge in [-0.1, -0.05) is 19.1 Å². The molecule has 0 saturated heterocycles. The van der Waals surface area contributed by atoms with E-state index in [-0.39, 0.29) is 18.9 Å². The van der Waals surface area contributed by atoms with Gasteiger partial charge in [0.1, 0.15) is 0 Å². The highest BCUT2D eigenvalue weighted by Gasteiger charge is 2.41. The molecule has 1 aromatic carbocycles. The largest absolute Gasteiger partial charge is 0.466 e. The van der Waals surface area contributed by atoms with Gasteiger partial charge in [0.05, 0.1) is 25.0 Å². The Kier molecular flexibility index (Phi) is 5.19. The molecule has 1 aliphatic rings. The molecule has 1 aliphatic heterocycles. The van der Waals surface area contributed by atoms with Crippen LogP contribution >= 0.6 is 0 Å².